The van der Waals surface area contributed by atoms with Crippen molar-refractivity contribution in [3.8, 4) is 28.6 Å². The Morgan fingerprint density at radius 3 is 1.71 bits per heavy atom. The Kier molecular flexibility index (Phi) is 3.99. The summed E-state index contributed by atoms with van der Waals surface area (Å²) in [6.07, 6.45) is 0. The fourth-order valence-electron chi connectivity index (χ4n) is 7.84. The van der Waals surface area contributed by atoms with Gasteiger partial charge in [0, 0.05) is 44.0 Å². The van der Waals surface area contributed by atoms with E-state index in [-0.39, 0.29) is 6.71 Å². The van der Waals surface area contributed by atoms with Gasteiger partial charge >= 0.3 is 0 Å². The van der Waals surface area contributed by atoms with E-state index in [4.69, 9.17) is 0 Å². The van der Waals surface area contributed by atoms with Crippen molar-refractivity contribution in [3.05, 3.63) is 127 Å². The maximum Gasteiger partial charge on any atom is 0.252 e. The van der Waals surface area contributed by atoms with Crippen LogP contribution in [0, 0.1) is 17.1 Å². The van der Waals surface area contributed by atoms with Crippen LogP contribution in [0.2, 0.25) is 0 Å². The molecule has 8 aromatic rings. The van der Waals surface area contributed by atoms with Crippen molar-refractivity contribution < 1.29 is 4.39 Å². The standard InChI is InChI=1S/C37H19BFN3/c39-23-15-16-24(22(17-23)20-40)21-18-33-35-34(19-21)42-32-14-4-2-8-26(32)28-10-6-12-30(37(28)42)38(35)29-11-5-9-27-25-7-1-3-13-31(25)41(33)36(27)29/h1-19H. The first kappa shape index (κ1) is 22.1. The van der Waals surface area contributed by atoms with E-state index >= 15 is 0 Å². The number of para-hydroxylation sites is 4. The molecule has 0 bridgehead atoms. The molecule has 2 aliphatic rings. The van der Waals surface area contributed by atoms with E-state index in [1.807, 2.05) is 0 Å². The van der Waals surface area contributed by atoms with Crippen LogP contribution in [0.1, 0.15) is 5.56 Å². The molecule has 42 heavy (non-hydrogen) atoms. The summed E-state index contributed by atoms with van der Waals surface area (Å²) in [4.78, 5) is 0. The maximum atomic E-state index is 14.3. The first-order chi connectivity index (χ1) is 20.7. The van der Waals surface area contributed by atoms with Crippen LogP contribution in [0.4, 0.5) is 4.39 Å². The van der Waals surface area contributed by atoms with Gasteiger partial charge in [-0.05, 0) is 63.9 Å². The molecular formula is C37H19BFN3. The first-order valence-electron chi connectivity index (χ1n) is 14.2. The minimum atomic E-state index is -0.409. The lowest BCUT2D eigenvalue weighted by Crippen LogP contribution is -2.59. The molecule has 0 spiro atoms. The molecule has 0 radical (unpaired) electrons. The molecule has 0 fully saturated rings. The number of benzene rings is 6. The van der Waals surface area contributed by atoms with E-state index in [1.165, 1.54) is 61.1 Å². The Labute approximate surface area is 240 Å². The van der Waals surface area contributed by atoms with Crippen LogP contribution in [0.25, 0.3) is 66.1 Å². The van der Waals surface area contributed by atoms with Gasteiger partial charge in [-0.25, -0.2) is 4.39 Å². The van der Waals surface area contributed by atoms with Crippen molar-refractivity contribution in [1.82, 2.24) is 9.13 Å². The molecule has 3 nitrogen and oxygen atoms in total. The molecule has 2 aromatic heterocycles. The third-order valence-corrected chi connectivity index (χ3v) is 9.39. The minimum Gasteiger partial charge on any atom is -0.310 e. The van der Waals surface area contributed by atoms with Crippen LogP contribution in [0.15, 0.2) is 115 Å². The van der Waals surface area contributed by atoms with Gasteiger partial charge in [-0.3, -0.25) is 0 Å². The average molecular weight is 535 g/mol. The maximum absolute atomic E-state index is 14.3. The quantitative estimate of drug-likeness (QED) is 0.216. The Bertz CT molecular complexity index is 2420. The topological polar surface area (TPSA) is 33.6 Å². The Morgan fingerprint density at radius 2 is 1.14 bits per heavy atom. The summed E-state index contributed by atoms with van der Waals surface area (Å²) >= 11 is 0. The van der Waals surface area contributed by atoms with E-state index in [0.717, 1.165) is 33.5 Å². The molecule has 4 heterocycles. The lowest BCUT2D eigenvalue weighted by atomic mass is 9.34. The van der Waals surface area contributed by atoms with Crippen molar-refractivity contribution in [1.29, 1.82) is 5.26 Å². The summed E-state index contributed by atoms with van der Waals surface area (Å²) in [5, 5.41) is 14.9. The molecule has 5 heteroatoms. The van der Waals surface area contributed by atoms with Crippen LogP contribution in [0.3, 0.4) is 0 Å². The van der Waals surface area contributed by atoms with Gasteiger partial charge in [0.1, 0.15) is 5.82 Å². The monoisotopic (exact) mass is 535 g/mol. The van der Waals surface area contributed by atoms with E-state index in [9.17, 15) is 9.65 Å². The van der Waals surface area contributed by atoms with Gasteiger partial charge < -0.3 is 9.13 Å². The van der Waals surface area contributed by atoms with Crippen LogP contribution in [-0.4, -0.2) is 15.8 Å². The van der Waals surface area contributed by atoms with Gasteiger partial charge in [0.2, 0.25) is 0 Å². The van der Waals surface area contributed by atoms with Crippen molar-refractivity contribution in [2.24, 2.45) is 0 Å². The highest BCUT2D eigenvalue weighted by Crippen LogP contribution is 2.40. The summed E-state index contributed by atoms with van der Waals surface area (Å²) in [5.74, 6) is -0.409. The molecule has 10 rings (SSSR count). The fraction of sp³-hybridized carbons (Fsp3) is 0. The molecule has 0 saturated carbocycles. The van der Waals surface area contributed by atoms with Gasteiger partial charge in [-0.1, -0.05) is 78.9 Å². The number of rotatable bonds is 1. The third-order valence-electron chi connectivity index (χ3n) is 9.39. The number of fused-ring (bicyclic) bond motifs is 10. The van der Waals surface area contributed by atoms with E-state index in [2.05, 4.69) is 112 Å². The van der Waals surface area contributed by atoms with E-state index in [0.29, 0.717) is 5.56 Å². The highest BCUT2D eigenvalue weighted by molar-refractivity contribution is 7.00. The second kappa shape index (κ2) is 7.57. The zero-order valence-electron chi connectivity index (χ0n) is 22.3. The second-order valence-electron chi connectivity index (χ2n) is 11.4. The number of hydrogen-bond acceptors (Lipinski definition) is 1. The summed E-state index contributed by atoms with van der Waals surface area (Å²) in [7, 11) is 0. The second-order valence-corrected chi connectivity index (χ2v) is 11.4. The Balaban J connectivity index is 1.47. The van der Waals surface area contributed by atoms with Crippen LogP contribution >= 0.6 is 0 Å². The van der Waals surface area contributed by atoms with E-state index in [1.54, 1.807) is 6.07 Å². The molecule has 0 unspecified atom stereocenters. The molecule has 192 valence electrons. The third kappa shape index (κ3) is 2.52. The molecule has 0 amide bonds. The van der Waals surface area contributed by atoms with Gasteiger partial charge in [0.15, 0.2) is 0 Å². The highest BCUT2D eigenvalue weighted by Gasteiger charge is 2.40. The largest absolute Gasteiger partial charge is 0.310 e. The summed E-state index contributed by atoms with van der Waals surface area (Å²) in [6, 6.07) is 41.8. The predicted molar refractivity (Wildman–Crippen MR) is 170 cm³/mol. The van der Waals surface area contributed by atoms with Crippen molar-refractivity contribution in [3.63, 3.8) is 0 Å². The van der Waals surface area contributed by atoms with E-state index < -0.39 is 5.82 Å². The van der Waals surface area contributed by atoms with Crippen LogP contribution in [0.5, 0.6) is 0 Å². The smallest absolute Gasteiger partial charge is 0.252 e. The summed E-state index contributed by atoms with van der Waals surface area (Å²) in [6.45, 7) is 0.0497. The van der Waals surface area contributed by atoms with Crippen molar-refractivity contribution >= 4 is 66.7 Å². The van der Waals surface area contributed by atoms with Gasteiger partial charge in [-0.15, -0.1) is 0 Å². The summed E-state index contributed by atoms with van der Waals surface area (Å²) in [5.41, 5.74) is 12.8. The van der Waals surface area contributed by atoms with Crippen LogP contribution < -0.4 is 16.4 Å². The van der Waals surface area contributed by atoms with Crippen LogP contribution in [-0.2, 0) is 0 Å². The lowest BCUT2D eigenvalue weighted by molar-refractivity contribution is 0.627. The number of nitrogens with zero attached hydrogens (tertiary/aromatic N) is 3. The Hall–Kier alpha value is -5.60. The predicted octanol–water partition coefficient (Wildman–Crippen LogP) is 6.70. The fourth-order valence-corrected chi connectivity index (χ4v) is 7.84. The number of hydrogen-bond donors (Lipinski definition) is 0. The number of nitriles is 1. The zero-order valence-corrected chi connectivity index (χ0v) is 22.3. The molecule has 0 atom stereocenters. The lowest BCUT2D eigenvalue weighted by Gasteiger charge is -2.34. The number of aromatic nitrogens is 2. The first-order valence-corrected chi connectivity index (χ1v) is 14.2. The van der Waals surface area contributed by atoms with Crippen molar-refractivity contribution in [2.45, 2.75) is 0 Å². The number of halogens is 1. The minimum absolute atomic E-state index is 0.0497. The normalized spacial score (nSPS) is 12.8. The molecule has 0 aliphatic carbocycles. The summed E-state index contributed by atoms with van der Waals surface area (Å²) < 4.78 is 19.1. The average Bonchev–Trinajstić information content (AvgIpc) is 3.56. The molecule has 0 N–H and O–H groups in total. The molecule has 2 aliphatic heterocycles. The van der Waals surface area contributed by atoms with Gasteiger partial charge in [0.05, 0.1) is 22.7 Å². The van der Waals surface area contributed by atoms with Crippen molar-refractivity contribution in [2.75, 3.05) is 0 Å². The molecular weight excluding hydrogens is 516 g/mol. The molecule has 6 aromatic carbocycles. The zero-order chi connectivity index (χ0) is 27.7. The Morgan fingerprint density at radius 1 is 0.595 bits per heavy atom. The van der Waals surface area contributed by atoms with Gasteiger partial charge in [-0.2, -0.15) is 5.26 Å². The molecule has 0 saturated heterocycles. The van der Waals surface area contributed by atoms with Gasteiger partial charge in [0.25, 0.3) is 6.71 Å². The SMILES string of the molecule is N#Cc1cc(F)ccc1-c1cc2c3c(c1)-n1c4ccccc4c4cccc(c41)B3c1cccc3c4ccccc4n-2c13. The highest BCUT2D eigenvalue weighted by atomic mass is 19.1.